The fraction of sp³-hybridized carbons (Fsp3) is 0.263. The molecule has 150 valence electrons. The molecule has 0 atom stereocenters. The molecule has 3 heterocycles. The summed E-state index contributed by atoms with van der Waals surface area (Å²) in [5.74, 6) is 0.0349. The van der Waals surface area contributed by atoms with Gasteiger partial charge in [0.15, 0.2) is 5.76 Å². The molecule has 0 saturated carbocycles. The van der Waals surface area contributed by atoms with Crippen LogP contribution in [0, 0.1) is 0 Å². The molecule has 2 aromatic heterocycles. The lowest BCUT2D eigenvalue weighted by Crippen LogP contribution is -2.50. The van der Waals surface area contributed by atoms with Gasteiger partial charge in [0.25, 0.3) is 5.91 Å². The van der Waals surface area contributed by atoms with E-state index < -0.39 is 0 Å². The summed E-state index contributed by atoms with van der Waals surface area (Å²) in [6.45, 7) is 2.49. The number of halogens is 1. The van der Waals surface area contributed by atoms with E-state index in [-0.39, 0.29) is 18.4 Å². The Hall–Kier alpha value is -3.17. The molecule has 0 aliphatic carbocycles. The van der Waals surface area contributed by atoms with Crippen molar-refractivity contribution in [1.29, 1.82) is 0 Å². The van der Waals surface area contributed by atoms with Gasteiger partial charge in [-0.15, -0.1) is 0 Å². The Bertz CT molecular complexity index is 982. The number of hydrogen-bond donors (Lipinski definition) is 1. The summed E-state index contributed by atoms with van der Waals surface area (Å²) in [6.07, 6.45) is 4.45. The average Bonchev–Trinajstić information content (AvgIpc) is 3.42. The summed E-state index contributed by atoms with van der Waals surface area (Å²) in [4.78, 5) is 32.6. The summed E-state index contributed by atoms with van der Waals surface area (Å²) in [7, 11) is 0. The van der Waals surface area contributed by atoms with Gasteiger partial charge in [0, 0.05) is 31.2 Å². The third kappa shape index (κ3) is 4.47. The number of benzene rings is 1. The van der Waals surface area contributed by atoms with Crippen LogP contribution >= 0.6 is 11.6 Å². The van der Waals surface area contributed by atoms with Gasteiger partial charge in [-0.2, -0.15) is 5.10 Å². The lowest BCUT2D eigenvalue weighted by atomic mass is 10.2. The van der Waals surface area contributed by atoms with Gasteiger partial charge < -0.3 is 14.6 Å². The van der Waals surface area contributed by atoms with Crippen molar-refractivity contribution in [3.63, 3.8) is 0 Å². The summed E-state index contributed by atoms with van der Waals surface area (Å²) in [6, 6.07) is 8.52. The molecule has 1 aliphatic heterocycles. The number of anilines is 1. The van der Waals surface area contributed by atoms with Crippen LogP contribution in [0.3, 0.4) is 0 Å². The molecular weight excluding hydrogens is 396 g/mol. The van der Waals surface area contributed by atoms with Gasteiger partial charge in [-0.05, 0) is 30.3 Å². The van der Waals surface area contributed by atoms with Crippen LogP contribution in [0.15, 0.2) is 53.7 Å². The van der Waals surface area contributed by atoms with Gasteiger partial charge in [0.05, 0.1) is 24.2 Å². The van der Waals surface area contributed by atoms with Crippen molar-refractivity contribution in [2.24, 2.45) is 0 Å². The number of rotatable bonds is 5. The Kier molecular flexibility index (Phi) is 5.59. The first-order valence-electron chi connectivity index (χ1n) is 9.10. The molecule has 3 aromatic rings. The molecule has 29 heavy (non-hydrogen) atoms. The van der Waals surface area contributed by atoms with Crippen molar-refractivity contribution in [3.8, 4) is 5.69 Å². The van der Waals surface area contributed by atoms with Crippen LogP contribution in [0.2, 0.25) is 5.02 Å². The SMILES string of the molecule is O=C(CN1CCN(C(=O)c2ccco2)CC1)Nc1cc(Cl)ccc1-n1cncn1. The minimum absolute atomic E-state index is 0.129. The second-order valence-electron chi connectivity index (χ2n) is 6.60. The Morgan fingerprint density at radius 2 is 2.00 bits per heavy atom. The van der Waals surface area contributed by atoms with Crippen LogP contribution in [0.5, 0.6) is 0 Å². The number of aromatic nitrogens is 3. The second kappa shape index (κ2) is 8.46. The normalized spacial score (nSPS) is 14.7. The number of carbonyl (C=O) groups excluding carboxylic acids is 2. The molecule has 9 nitrogen and oxygen atoms in total. The van der Waals surface area contributed by atoms with Crippen LogP contribution in [0.1, 0.15) is 10.6 Å². The van der Waals surface area contributed by atoms with Crippen LogP contribution in [0.4, 0.5) is 5.69 Å². The zero-order valence-corrected chi connectivity index (χ0v) is 16.2. The van der Waals surface area contributed by atoms with Gasteiger partial charge in [0.2, 0.25) is 5.91 Å². The monoisotopic (exact) mass is 414 g/mol. The Balaban J connectivity index is 1.34. The van der Waals surface area contributed by atoms with Crippen molar-refractivity contribution in [2.75, 3.05) is 38.0 Å². The molecule has 1 fully saturated rings. The predicted molar refractivity (Wildman–Crippen MR) is 106 cm³/mol. The molecule has 0 unspecified atom stereocenters. The molecule has 1 N–H and O–H groups in total. The summed E-state index contributed by atoms with van der Waals surface area (Å²) >= 11 is 6.09. The smallest absolute Gasteiger partial charge is 0.289 e. The average molecular weight is 415 g/mol. The maximum atomic E-state index is 12.6. The molecular formula is C19H19ClN6O3. The first-order valence-corrected chi connectivity index (χ1v) is 9.47. The zero-order valence-electron chi connectivity index (χ0n) is 15.5. The van der Waals surface area contributed by atoms with E-state index in [1.807, 2.05) is 4.90 Å². The van der Waals surface area contributed by atoms with E-state index in [0.29, 0.717) is 48.3 Å². The highest BCUT2D eigenvalue weighted by Crippen LogP contribution is 2.24. The first kappa shape index (κ1) is 19.2. The molecule has 0 bridgehead atoms. The molecule has 2 amide bonds. The van der Waals surface area contributed by atoms with Gasteiger partial charge in [-0.1, -0.05) is 11.6 Å². The Morgan fingerprint density at radius 3 is 2.69 bits per heavy atom. The number of piperazine rings is 1. The number of nitrogens with one attached hydrogen (secondary N) is 1. The summed E-state index contributed by atoms with van der Waals surface area (Å²) in [5.41, 5.74) is 1.23. The molecule has 4 rings (SSSR count). The standard InChI is InChI=1S/C19H19ClN6O3/c20-14-3-4-16(26-13-21-12-22-26)15(10-14)23-18(27)11-24-5-7-25(8-6-24)19(28)17-2-1-9-29-17/h1-4,9-10,12-13H,5-8,11H2,(H,23,27). The van der Waals surface area contributed by atoms with Crippen molar-refractivity contribution in [2.45, 2.75) is 0 Å². The molecule has 10 heteroatoms. The van der Waals surface area contributed by atoms with Gasteiger partial charge in [0.1, 0.15) is 12.7 Å². The van der Waals surface area contributed by atoms with Crippen LogP contribution in [-0.2, 0) is 4.79 Å². The van der Waals surface area contributed by atoms with E-state index in [2.05, 4.69) is 15.4 Å². The van der Waals surface area contributed by atoms with E-state index in [4.69, 9.17) is 16.0 Å². The van der Waals surface area contributed by atoms with E-state index in [0.717, 1.165) is 0 Å². The molecule has 0 spiro atoms. The van der Waals surface area contributed by atoms with Crippen LogP contribution in [-0.4, -0.2) is 69.1 Å². The fourth-order valence-corrected chi connectivity index (χ4v) is 3.37. The van der Waals surface area contributed by atoms with Crippen molar-refractivity contribution in [1.82, 2.24) is 24.6 Å². The van der Waals surface area contributed by atoms with E-state index in [1.54, 1.807) is 46.2 Å². The highest BCUT2D eigenvalue weighted by molar-refractivity contribution is 6.31. The van der Waals surface area contributed by atoms with Gasteiger partial charge >= 0.3 is 0 Å². The van der Waals surface area contributed by atoms with E-state index in [9.17, 15) is 9.59 Å². The third-order valence-corrected chi connectivity index (χ3v) is 4.89. The molecule has 1 aliphatic rings. The van der Waals surface area contributed by atoms with Crippen molar-refractivity contribution < 1.29 is 14.0 Å². The van der Waals surface area contributed by atoms with E-state index >= 15 is 0 Å². The number of nitrogens with zero attached hydrogens (tertiary/aromatic N) is 5. The van der Waals surface area contributed by atoms with E-state index in [1.165, 1.54) is 12.6 Å². The summed E-state index contributed by atoms with van der Waals surface area (Å²) < 4.78 is 6.73. The topological polar surface area (TPSA) is 96.5 Å². The van der Waals surface area contributed by atoms with Gasteiger partial charge in [-0.25, -0.2) is 9.67 Å². The fourth-order valence-electron chi connectivity index (χ4n) is 3.20. The van der Waals surface area contributed by atoms with Crippen molar-refractivity contribution in [3.05, 3.63) is 60.0 Å². The molecule has 1 aromatic carbocycles. The predicted octanol–water partition coefficient (Wildman–Crippen LogP) is 1.91. The lowest BCUT2D eigenvalue weighted by Gasteiger charge is -2.33. The highest BCUT2D eigenvalue weighted by atomic mass is 35.5. The quantitative estimate of drug-likeness (QED) is 0.685. The molecule has 0 radical (unpaired) electrons. The Morgan fingerprint density at radius 1 is 1.17 bits per heavy atom. The minimum Gasteiger partial charge on any atom is -0.459 e. The van der Waals surface area contributed by atoms with Crippen molar-refractivity contribution >= 4 is 29.1 Å². The van der Waals surface area contributed by atoms with Crippen LogP contribution in [0.25, 0.3) is 5.69 Å². The maximum absolute atomic E-state index is 12.6. The van der Waals surface area contributed by atoms with Crippen LogP contribution < -0.4 is 5.32 Å². The largest absolute Gasteiger partial charge is 0.459 e. The first-order chi connectivity index (χ1) is 14.1. The Labute approximate surface area is 171 Å². The third-order valence-electron chi connectivity index (χ3n) is 4.66. The second-order valence-corrected chi connectivity index (χ2v) is 7.03. The molecule has 1 saturated heterocycles. The highest BCUT2D eigenvalue weighted by Gasteiger charge is 2.24. The maximum Gasteiger partial charge on any atom is 0.289 e. The number of carbonyl (C=O) groups is 2. The number of amides is 2. The lowest BCUT2D eigenvalue weighted by molar-refractivity contribution is -0.117. The van der Waals surface area contributed by atoms with Gasteiger partial charge in [-0.3, -0.25) is 14.5 Å². The summed E-state index contributed by atoms with van der Waals surface area (Å²) in [5, 5.41) is 7.50. The minimum atomic E-state index is -0.167. The zero-order chi connectivity index (χ0) is 20.2. The number of furan rings is 1. The number of hydrogen-bond acceptors (Lipinski definition) is 6.